The van der Waals surface area contributed by atoms with Crippen molar-refractivity contribution in [3.63, 3.8) is 0 Å². The Morgan fingerprint density at radius 3 is 2.36 bits per heavy atom. The van der Waals surface area contributed by atoms with E-state index in [9.17, 15) is 4.79 Å². The fourth-order valence-electron chi connectivity index (χ4n) is 1.34. The lowest BCUT2D eigenvalue weighted by Gasteiger charge is -2.24. The van der Waals surface area contributed by atoms with Crippen molar-refractivity contribution in [3.8, 4) is 0 Å². The number of benzene rings is 1. The van der Waals surface area contributed by atoms with Gasteiger partial charge in [0, 0.05) is 17.5 Å². The lowest BCUT2D eigenvalue weighted by atomic mass is 9.80. The molecule has 0 bridgehead atoms. The van der Waals surface area contributed by atoms with Gasteiger partial charge >= 0.3 is 0 Å². The minimum Gasteiger partial charge on any atom is -0.329 e. The molecule has 0 spiro atoms. The van der Waals surface area contributed by atoms with Crippen molar-refractivity contribution in [3.05, 3.63) is 35.9 Å². The molecule has 2 nitrogen and oxygen atoms in total. The minimum atomic E-state index is -0.415. The second-order valence-corrected chi connectivity index (χ2v) is 3.81. The molecule has 0 radical (unpaired) electrons. The molecule has 0 aromatic heterocycles. The van der Waals surface area contributed by atoms with Crippen LogP contribution in [0.5, 0.6) is 0 Å². The second-order valence-electron chi connectivity index (χ2n) is 3.81. The van der Waals surface area contributed by atoms with Crippen LogP contribution in [0.4, 0.5) is 0 Å². The molecule has 0 aliphatic heterocycles. The van der Waals surface area contributed by atoms with Crippen LogP contribution in [-0.4, -0.2) is 12.3 Å². The normalized spacial score (nSPS) is 14.8. The van der Waals surface area contributed by atoms with Crippen molar-refractivity contribution in [1.82, 2.24) is 0 Å². The zero-order valence-corrected chi connectivity index (χ0v) is 8.79. The van der Waals surface area contributed by atoms with Gasteiger partial charge in [0.15, 0.2) is 5.78 Å². The summed E-state index contributed by atoms with van der Waals surface area (Å²) in [5.74, 6) is 0.142. The van der Waals surface area contributed by atoms with Crippen LogP contribution in [0.3, 0.4) is 0 Å². The van der Waals surface area contributed by atoms with E-state index in [1.807, 2.05) is 44.2 Å². The molecule has 0 aliphatic rings. The van der Waals surface area contributed by atoms with E-state index in [0.29, 0.717) is 6.54 Å². The Morgan fingerprint density at radius 2 is 1.93 bits per heavy atom. The highest BCUT2D eigenvalue weighted by molar-refractivity contribution is 6.00. The predicted molar refractivity (Wildman–Crippen MR) is 58.2 cm³/mol. The molecule has 0 amide bonds. The van der Waals surface area contributed by atoms with Crippen LogP contribution in [-0.2, 0) is 0 Å². The van der Waals surface area contributed by atoms with E-state index in [1.54, 1.807) is 0 Å². The van der Waals surface area contributed by atoms with Gasteiger partial charge in [-0.2, -0.15) is 0 Å². The quantitative estimate of drug-likeness (QED) is 0.742. The van der Waals surface area contributed by atoms with Crippen molar-refractivity contribution < 1.29 is 4.79 Å². The van der Waals surface area contributed by atoms with E-state index in [-0.39, 0.29) is 5.78 Å². The third-order valence-corrected chi connectivity index (χ3v) is 2.82. The van der Waals surface area contributed by atoms with Gasteiger partial charge in [-0.3, -0.25) is 4.79 Å². The van der Waals surface area contributed by atoms with Gasteiger partial charge in [0.2, 0.25) is 0 Å². The van der Waals surface area contributed by atoms with Crippen LogP contribution in [0, 0.1) is 5.41 Å². The van der Waals surface area contributed by atoms with Crippen molar-refractivity contribution >= 4 is 5.78 Å². The molecule has 0 heterocycles. The molecule has 0 saturated carbocycles. The van der Waals surface area contributed by atoms with Gasteiger partial charge < -0.3 is 5.73 Å². The average Bonchev–Trinajstić information content (AvgIpc) is 2.28. The second kappa shape index (κ2) is 4.38. The number of carbonyl (C=O) groups excluding carboxylic acids is 1. The highest BCUT2D eigenvalue weighted by Crippen LogP contribution is 2.24. The van der Waals surface area contributed by atoms with Gasteiger partial charge in [0.05, 0.1) is 0 Å². The first-order valence-electron chi connectivity index (χ1n) is 4.94. The van der Waals surface area contributed by atoms with Crippen LogP contribution in [0.25, 0.3) is 0 Å². The largest absolute Gasteiger partial charge is 0.329 e. The third kappa shape index (κ3) is 2.02. The molecule has 1 aromatic rings. The number of hydrogen-bond donors (Lipinski definition) is 1. The Kier molecular flexibility index (Phi) is 3.42. The molecular formula is C12H17NO. The summed E-state index contributed by atoms with van der Waals surface area (Å²) in [7, 11) is 0. The lowest BCUT2D eigenvalue weighted by molar-refractivity contribution is 0.0820. The van der Waals surface area contributed by atoms with Crippen LogP contribution in [0.2, 0.25) is 0 Å². The van der Waals surface area contributed by atoms with Gasteiger partial charge in [-0.15, -0.1) is 0 Å². The Morgan fingerprint density at radius 1 is 1.36 bits per heavy atom. The molecule has 14 heavy (non-hydrogen) atoms. The fraction of sp³-hybridized carbons (Fsp3) is 0.417. The summed E-state index contributed by atoms with van der Waals surface area (Å²) in [6.07, 6.45) is 0.775. The Hall–Kier alpha value is -1.15. The summed E-state index contributed by atoms with van der Waals surface area (Å²) in [5.41, 5.74) is 5.97. The molecule has 1 rings (SSSR count). The van der Waals surface area contributed by atoms with Crippen molar-refractivity contribution in [2.24, 2.45) is 11.1 Å². The molecule has 1 aromatic carbocycles. The Bertz CT molecular complexity index is 301. The zero-order chi connectivity index (χ0) is 10.6. The molecule has 2 heteroatoms. The summed E-state index contributed by atoms with van der Waals surface area (Å²) in [4.78, 5) is 12.0. The van der Waals surface area contributed by atoms with E-state index in [2.05, 4.69) is 0 Å². The third-order valence-electron chi connectivity index (χ3n) is 2.82. The van der Waals surface area contributed by atoms with E-state index < -0.39 is 5.41 Å². The SMILES string of the molecule is CCC(C)(CN)C(=O)c1ccccc1. The number of Topliss-reactive ketones (excluding diaryl/α,β-unsaturated/α-hetero) is 1. The Balaban J connectivity index is 2.95. The molecule has 1 unspecified atom stereocenters. The summed E-state index contributed by atoms with van der Waals surface area (Å²) in [6, 6.07) is 9.33. The van der Waals surface area contributed by atoms with E-state index in [1.165, 1.54) is 0 Å². The standard InChI is InChI=1S/C12H17NO/c1-3-12(2,9-13)11(14)10-7-5-4-6-8-10/h4-8H,3,9,13H2,1-2H3. The first kappa shape index (κ1) is 10.9. The molecule has 2 N–H and O–H groups in total. The maximum absolute atomic E-state index is 12.0. The topological polar surface area (TPSA) is 43.1 Å². The fourth-order valence-corrected chi connectivity index (χ4v) is 1.34. The summed E-state index contributed by atoms with van der Waals surface area (Å²) < 4.78 is 0. The molecule has 0 saturated heterocycles. The summed E-state index contributed by atoms with van der Waals surface area (Å²) in [5, 5.41) is 0. The first-order chi connectivity index (χ1) is 6.64. The summed E-state index contributed by atoms with van der Waals surface area (Å²) in [6.45, 7) is 4.31. The summed E-state index contributed by atoms with van der Waals surface area (Å²) >= 11 is 0. The van der Waals surface area contributed by atoms with E-state index in [4.69, 9.17) is 5.73 Å². The van der Waals surface area contributed by atoms with Crippen molar-refractivity contribution in [2.45, 2.75) is 20.3 Å². The predicted octanol–water partition coefficient (Wildman–Crippen LogP) is 2.24. The zero-order valence-electron chi connectivity index (χ0n) is 8.79. The van der Waals surface area contributed by atoms with Gasteiger partial charge in [0.1, 0.15) is 0 Å². The number of nitrogens with two attached hydrogens (primary N) is 1. The number of ketones is 1. The van der Waals surface area contributed by atoms with Crippen LogP contribution < -0.4 is 5.73 Å². The van der Waals surface area contributed by atoms with Gasteiger partial charge in [0.25, 0.3) is 0 Å². The van der Waals surface area contributed by atoms with E-state index >= 15 is 0 Å². The van der Waals surface area contributed by atoms with Crippen molar-refractivity contribution in [2.75, 3.05) is 6.54 Å². The van der Waals surface area contributed by atoms with Gasteiger partial charge in [-0.1, -0.05) is 44.2 Å². The molecule has 0 aliphatic carbocycles. The van der Waals surface area contributed by atoms with E-state index in [0.717, 1.165) is 12.0 Å². The van der Waals surface area contributed by atoms with Crippen LogP contribution in [0.1, 0.15) is 30.6 Å². The lowest BCUT2D eigenvalue weighted by Crippen LogP contribution is -2.35. The Labute approximate surface area is 85.1 Å². The first-order valence-corrected chi connectivity index (χ1v) is 4.94. The highest BCUT2D eigenvalue weighted by atomic mass is 16.1. The molecule has 0 fully saturated rings. The van der Waals surface area contributed by atoms with Crippen LogP contribution in [0.15, 0.2) is 30.3 Å². The van der Waals surface area contributed by atoms with Gasteiger partial charge in [-0.05, 0) is 6.42 Å². The number of carbonyl (C=O) groups is 1. The monoisotopic (exact) mass is 191 g/mol. The minimum absolute atomic E-state index is 0.142. The number of hydrogen-bond acceptors (Lipinski definition) is 2. The molecular weight excluding hydrogens is 174 g/mol. The molecule has 76 valence electrons. The smallest absolute Gasteiger partial charge is 0.169 e. The average molecular weight is 191 g/mol. The van der Waals surface area contributed by atoms with Gasteiger partial charge in [-0.25, -0.2) is 0 Å². The number of rotatable bonds is 4. The highest BCUT2D eigenvalue weighted by Gasteiger charge is 2.30. The maximum Gasteiger partial charge on any atom is 0.169 e. The van der Waals surface area contributed by atoms with Crippen LogP contribution >= 0.6 is 0 Å². The van der Waals surface area contributed by atoms with Crippen molar-refractivity contribution in [1.29, 1.82) is 0 Å². The molecule has 1 atom stereocenters. The maximum atomic E-state index is 12.0.